The first-order chi connectivity index (χ1) is 10.6. The molecule has 1 aliphatic heterocycles. The number of likely N-dealkylation sites (tertiary alicyclic amines) is 1. The van der Waals surface area contributed by atoms with Gasteiger partial charge in [-0.15, -0.1) is 0 Å². The van der Waals surface area contributed by atoms with Crippen LogP contribution in [0, 0.1) is 0 Å². The molecule has 2 rings (SSSR count). The Bertz CT molecular complexity index is 525. The fourth-order valence-electron chi connectivity index (χ4n) is 2.70. The highest BCUT2D eigenvalue weighted by molar-refractivity contribution is 5.98. The maximum atomic E-state index is 12.5. The van der Waals surface area contributed by atoms with Gasteiger partial charge >= 0.3 is 0 Å². The van der Waals surface area contributed by atoms with Gasteiger partial charge in [-0.05, 0) is 45.1 Å². The van der Waals surface area contributed by atoms with Gasteiger partial charge < -0.3 is 24.4 Å². The van der Waals surface area contributed by atoms with Gasteiger partial charge in [0, 0.05) is 6.04 Å². The summed E-state index contributed by atoms with van der Waals surface area (Å²) in [6.07, 6.45) is 1.91. The summed E-state index contributed by atoms with van der Waals surface area (Å²) in [7, 11) is 6.69. The molecular formula is C16H24N2O4. The topological polar surface area (TPSA) is 60.0 Å². The molecule has 1 aromatic carbocycles. The third-order valence-electron chi connectivity index (χ3n) is 4.00. The van der Waals surface area contributed by atoms with Crippen molar-refractivity contribution in [1.29, 1.82) is 0 Å². The van der Waals surface area contributed by atoms with Crippen LogP contribution in [0.25, 0.3) is 0 Å². The minimum Gasteiger partial charge on any atom is -0.493 e. The lowest BCUT2D eigenvalue weighted by Gasteiger charge is -2.29. The Kier molecular flexibility index (Phi) is 5.49. The van der Waals surface area contributed by atoms with Crippen molar-refractivity contribution in [3.05, 3.63) is 17.7 Å². The minimum absolute atomic E-state index is 0.146. The first-order valence-electron chi connectivity index (χ1n) is 7.39. The second-order valence-electron chi connectivity index (χ2n) is 5.43. The molecule has 1 heterocycles. The molecule has 1 N–H and O–H groups in total. The number of amides is 1. The second kappa shape index (κ2) is 7.35. The average molecular weight is 308 g/mol. The standard InChI is InChI=1S/C16H24N2O4/c1-18-9-7-11(8-10-18)17-16(19)12-5-6-13(20-2)15(22-4)14(12)21-3/h5-6,11H,7-10H2,1-4H3,(H,17,19). The van der Waals surface area contributed by atoms with Crippen molar-refractivity contribution in [3.8, 4) is 17.2 Å². The predicted octanol–water partition coefficient (Wildman–Crippen LogP) is 1.54. The fourth-order valence-corrected chi connectivity index (χ4v) is 2.70. The van der Waals surface area contributed by atoms with Crippen molar-refractivity contribution >= 4 is 5.91 Å². The van der Waals surface area contributed by atoms with E-state index in [9.17, 15) is 4.79 Å². The van der Waals surface area contributed by atoms with Gasteiger partial charge in [0.1, 0.15) is 0 Å². The van der Waals surface area contributed by atoms with E-state index in [1.165, 1.54) is 14.2 Å². The SMILES string of the molecule is COc1ccc(C(=O)NC2CCN(C)CC2)c(OC)c1OC. The molecule has 122 valence electrons. The van der Waals surface area contributed by atoms with E-state index < -0.39 is 0 Å². The van der Waals surface area contributed by atoms with Crippen LogP contribution in [0.1, 0.15) is 23.2 Å². The summed E-state index contributed by atoms with van der Waals surface area (Å²) < 4.78 is 15.9. The van der Waals surface area contributed by atoms with Gasteiger partial charge in [-0.25, -0.2) is 0 Å². The molecule has 0 unspecified atom stereocenters. The van der Waals surface area contributed by atoms with E-state index in [-0.39, 0.29) is 11.9 Å². The van der Waals surface area contributed by atoms with E-state index >= 15 is 0 Å². The number of piperidine rings is 1. The Morgan fingerprint density at radius 3 is 2.27 bits per heavy atom. The summed E-state index contributed by atoms with van der Waals surface area (Å²) in [6.45, 7) is 1.99. The summed E-state index contributed by atoms with van der Waals surface area (Å²) in [5, 5.41) is 3.08. The van der Waals surface area contributed by atoms with E-state index in [1.54, 1.807) is 19.2 Å². The molecule has 0 atom stereocenters. The molecule has 1 aromatic rings. The maximum Gasteiger partial charge on any atom is 0.255 e. The van der Waals surface area contributed by atoms with Crippen LogP contribution >= 0.6 is 0 Å². The lowest BCUT2D eigenvalue weighted by Crippen LogP contribution is -2.43. The van der Waals surface area contributed by atoms with E-state index in [0.717, 1.165) is 25.9 Å². The van der Waals surface area contributed by atoms with Crippen LogP contribution < -0.4 is 19.5 Å². The molecule has 1 saturated heterocycles. The molecule has 1 fully saturated rings. The van der Waals surface area contributed by atoms with Gasteiger partial charge in [-0.3, -0.25) is 4.79 Å². The molecule has 22 heavy (non-hydrogen) atoms. The van der Waals surface area contributed by atoms with Gasteiger partial charge in [0.05, 0.1) is 26.9 Å². The third kappa shape index (κ3) is 3.44. The van der Waals surface area contributed by atoms with Gasteiger partial charge in [-0.1, -0.05) is 0 Å². The van der Waals surface area contributed by atoms with E-state index in [1.807, 2.05) is 0 Å². The molecular weight excluding hydrogens is 284 g/mol. The van der Waals surface area contributed by atoms with E-state index in [4.69, 9.17) is 14.2 Å². The number of carbonyl (C=O) groups is 1. The Balaban J connectivity index is 2.18. The van der Waals surface area contributed by atoms with E-state index in [2.05, 4.69) is 17.3 Å². The van der Waals surface area contributed by atoms with Crippen LogP contribution in [0.5, 0.6) is 17.2 Å². The Morgan fingerprint density at radius 2 is 1.73 bits per heavy atom. The molecule has 0 aromatic heterocycles. The van der Waals surface area contributed by atoms with Gasteiger partial charge in [0.2, 0.25) is 5.75 Å². The minimum atomic E-state index is -0.146. The lowest BCUT2D eigenvalue weighted by molar-refractivity contribution is 0.0913. The molecule has 1 amide bonds. The highest BCUT2D eigenvalue weighted by Crippen LogP contribution is 2.39. The number of benzene rings is 1. The van der Waals surface area contributed by atoms with Crippen molar-refractivity contribution in [1.82, 2.24) is 10.2 Å². The largest absolute Gasteiger partial charge is 0.493 e. The Labute approximate surface area is 131 Å². The highest BCUT2D eigenvalue weighted by atomic mass is 16.5. The molecule has 6 nitrogen and oxygen atoms in total. The highest BCUT2D eigenvalue weighted by Gasteiger charge is 2.24. The summed E-state index contributed by atoms with van der Waals surface area (Å²) >= 11 is 0. The second-order valence-corrected chi connectivity index (χ2v) is 5.43. The quantitative estimate of drug-likeness (QED) is 0.894. The van der Waals surface area contributed by atoms with Crippen molar-refractivity contribution in [2.75, 3.05) is 41.5 Å². The molecule has 0 spiro atoms. The van der Waals surface area contributed by atoms with Crippen LogP contribution in [0.4, 0.5) is 0 Å². The molecule has 0 saturated carbocycles. The summed E-state index contributed by atoms with van der Waals surface area (Å²) in [5.41, 5.74) is 0.457. The number of carbonyl (C=O) groups excluding carboxylic acids is 1. The molecule has 0 bridgehead atoms. The maximum absolute atomic E-state index is 12.5. The van der Waals surface area contributed by atoms with Crippen LogP contribution in [0.2, 0.25) is 0 Å². The van der Waals surface area contributed by atoms with Gasteiger partial charge in [-0.2, -0.15) is 0 Å². The fraction of sp³-hybridized carbons (Fsp3) is 0.562. The van der Waals surface area contributed by atoms with Crippen molar-refractivity contribution in [2.24, 2.45) is 0 Å². The number of hydrogen-bond donors (Lipinski definition) is 1. The predicted molar refractivity (Wildman–Crippen MR) is 84.1 cm³/mol. The Hall–Kier alpha value is -1.95. The van der Waals surface area contributed by atoms with Crippen LogP contribution in [0.15, 0.2) is 12.1 Å². The number of nitrogens with one attached hydrogen (secondary N) is 1. The van der Waals surface area contributed by atoms with Gasteiger partial charge in [0.25, 0.3) is 5.91 Å². The van der Waals surface area contributed by atoms with E-state index in [0.29, 0.717) is 22.8 Å². The molecule has 0 aliphatic carbocycles. The summed E-state index contributed by atoms with van der Waals surface area (Å²) in [6, 6.07) is 3.61. The number of hydrogen-bond acceptors (Lipinski definition) is 5. The monoisotopic (exact) mass is 308 g/mol. The number of nitrogens with zero attached hydrogens (tertiary/aromatic N) is 1. The number of ether oxygens (including phenoxy) is 3. The molecule has 0 radical (unpaired) electrons. The molecule has 6 heteroatoms. The van der Waals surface area contributed by atoms with Crippen molar-refractivity contribution in [3.63, 3.8) is 0 Å². The third-order valence-corrected chi connectivity index (χ3v) is 4.00. The van der Waals surface area contributed by atoms with Crippen molar-refractivity contribution in [2.45, 2.75) is 18.9 Å². The molecule has 1 aliphatic rings. The first kappa shape index (κ1) is 16.4. The zero-order valence-electron chi connectivity index (χ0n) is 13.6. The average Bonchev–Trinajstić information content (AvgIpc) is 2.55. The van der Waals surface area contributed by atoms with Crippen LogP contribution in [-0.4, -0.2) is 58.3 Å². The normalized spacial score (nSPS) is 16.2. The zero-order chi connectivity index (χ0) is 16.1. The van der Waals surface area contributed by atoms with Crippen LogP contribution in [-0.2, 0) is 0 Å². The summed E-state index contributed by atoms with van der Waals surface area (Å²) in [4.78, 5) is 14.8. The zero-order valence-corrected chi connectivity index (χ0v) is 13.6. The number of methoxy groups -OCH3 is 3. The number of rotatable bonds is 5. The summed E-state index contributed by atoms with van der Waals surface area (Å²) in [5.74, 6) is 1.22. The lowest BCUT2D eigenvalue weighted by atomic mass is 10.0. The van der Waals surface area contributed by atoms with Crippen molar-refractivity contribution < 1.29 is 19.0 Å². The smallest absolute Gasteiger partial charge is 0.255 e. The van der Waals surface area contributed by atoms with Gasteiger partial charge in [0.15, 0.2) is 11.5 Å². The van der Waals surface area contributed by atoms with Crippen LogP contribution in [0.3, 0.4) is 0 Å². The first-order valence-corrected chi connectivity index (χ1v) is 7.39. The Morgan fingerprint density at radius 1 is 1.09 bits per heavy atom.